The number of hydrogen-bond acceptors (Lipinski definition) is 7. The predicted molar refractivity (Wildman–Crippen MR) is 142 cm³/mol. The standard InChI is InChI=1S/C28H37N5O3/c1-3-4-17-36-27(34)21-32-12-11-23-9-10-26(18-25(23)20-32)30-28(35)24-7-5-22(6-8-24)19-29-33-15-13-31(2)14-16-33/h5-10,18-19H,3-4,11-17,20-21H2,1-2H3,(H,30,35). The summed E-state index contributed by atoms with van der Waals surface area (Å²) in [4.78, 5) is 29.3. The Labute approximate surface area is 213 Å². The molecule has 0 spiro atoms. The van der Waals surface area contributed by atoms with Crippen LogP contribution in [0.5, 0.6) is 0 Å². The lowest BCUT2D eigenvalue weighted by atomic mass is 9.99. The van der Waals surface area contributed by atoms with Gasteiger partial charge in [0, 0.05) is 50.5 Å². The smallest absolute Gasteiger partial charge is 0.320 e. The molecule has 0 aromatic heterocycles. The first-order valence-electron chi connectivity index (χ1n) is 12.9. The van der Waals surface area contributed by atoms with E-state index >= 15 is 0 Å². The van der Waals surface area contributed by atoms with Gasteiger partial charge in [-0.1, -0.05) is 31.5 Å². The molecule has 2 heterocycles. The number of likely N-dealkylation sites (N-methyl/N-ethyl adjacent to an activating group) is 1. The first-order chi connectivity index (χ1) is 17.5. The van der Waals surface area contributed by atoms with Crippen molar-refractivity contribution < 1.29 is 14.3 Å². The van der Waals surface area contributed by atoms with Crippen LogP contribution in [-0.4, -0.2) is 85.8 Å². The molecule has 4 rings (SSSR count). The van der Waals surface area contributed by atoms with Gasteiger partial charge in [-0.3, -0.25) is 19.5 Å². The highest BCUT2D eigenvalue weighted by Crippen LogP contribution is 2.23. The molecule has 2 aliphatic heterocycles. The maximum atomic E-state index is 12.8. The Hall–Kier alpha value is -3.23. The Kier molecular flexibility index (Phi) is 9.08. The molecule has 1 N–H and O–H groups in total. The van der Waals surface area contributed by atoms with E-state index in [9.17, 15) is 9.59 Å². The van der Waals surface area contributed by atoms with Crippen molar-refractivity contribution in [2.45, 2.75) is 32.7 Å². The molecule has 2 aromatic rings. The molecular formula is C28H37N5O3. The van der Waals surface area contributed by atoms with Crippen molar-refractivity contribution in [3.63, 3.8) is 0 Å². The molecule has 0 bridgehead atoms. The molecule has 36 heavy (non-hydrogen) atoms. The second kappa shape index (κ2) is 12.6. The SMILES string of the molecule is CCCCOC(=O)CN1CCc2ccc(NC(=O)c3ccc(C=NN4CCN(C)CC4)cc3)cc2C1. The molecule has 2 aromatic carbocycles. The lowest BCUT2D eigenvalue weighted by molar-refractivity contribution is -0.145. The topological polar surface area (TPSA) is 77.5 Å². The number of amides is 1. The lowest BCUT2D eigenvalue weighted by Gasteiger charge is -2.30. The van der Waals surface area contributed by atoms with Crippen LogP contribution in [-0.2, 0) is 22.5 Å². The number of hydrazone groups is 1. The fourth-order valence-electron chi connectivity index (χ4n) is 4.37. The number of hydrogen-bond donors (Lipinski definition) is 1. The van der Waals surface area contributed by atoms with E-state index in [4.69, 9.17) is 4.74 Å². The van der Waals surface area contributed by atoms with Crippen molar-refractivity contribution in [1.29, 1.82) is 0 Å². The zero-order valence-corrected chi connectivity index (χ0v) is 21.4. The fraction of sp³-hybridized carbons (Fsp3) is 0.464. The molecule has 0 atom stereocenters. The van der Waals surface area contributed by atoms with E-state index < -0.39 is 0 Å². The number of fused-ring (bicyclic) bond motifs is 1. The van der Waals surface area contributed by atoms with Gasteiger partial charge < -0.3 is 15.0 Å². The van der Waals surface area contributed by atoms with Crippen LogP contribution in [0.1, 0.15) is 46.8 Å². The van der Waals surface area contributed by atoms with E-state index in [1.54, 1.807) is 0 Å². The number of esters is 1. The second-order valence-corrected chi connectivity index (χ2v) is 9.60. The minimum absolute atomic E-state index is 0.148. The summed E-state index contributed by atoms with van der Waals surface area (Å²) in [5, 5.41) is 9.65. The summed E-state index contributed by atoms with van der Waals surface area (Å²) in [7, 11) is 2.12. The molecule has 0 unspecified atom stereocenters. The molecule has 0 aliphatic carbocycles. The van der Waals surface area contributed by atoms with Gasteiger partial charge in [0.1, 0.15) is 0 Å². The molecular weight excluding hydrogens is 454 g/mol. The Balaban J connectivity index is 1.30. The van der Waals surface area contributed by atoms with E-state index in [1.165, 1.54) is 5.56 Å². The summed E-state index contributed by atoms with van der Waals surface area (Å²) in [5.74, 6) is -0.321. The highest BCUT2D eigenvalue weighted by atomic mass is 16.5. The molecule has 2 aliphatic rings. The quantitative estimate of drug-likeness (QED) is 0.330. The van der Waals surface area contributed by atoms with E-state index in [0.717, 1.165) is 68.8 Å². The minimum atomic E-state index is -0.173. The summed E-state index contributed by atoms with van der Waals surface area (Å²) in [6.07, 6.45) is 4.63. The first kappa shape index (κ1) is 25.9. The summed E-state index contributed by atoms with van der Waals surface area (Å²) in [6.45, 7) is 8.24. The van der Waals surface area contributed by atoms with Gasteiger partial charge in [-0.05, 0) is 60.8 Å². The first-order valence-corrected chi connectivity index (χ1v) is 12.9. The van der Waals surface area contributed by atoms with Crippen molar-refractivity contribution in [2.75, 3.05) is 58.2 Å². The van der Waals surface area contributed by atoms with Gasteiger partial charge in [0.05, 0.1) is 19.4 Å². The molecule has 8 heteroatoms. The van der Waals surface area contributed by atoms with Gasteiger partial charge in [0.15, 0.2) is 0 Å². The third-order valence-corrected chi connectivity index (χ3v) is 6.69. The molecule has 0 radical (unpaired) electrons. The van der Waals surface area contributed by atoms with Crippen molar-refractivity contribution in [3.05, 3.63) is 64.7 Å². The third kappa shape index (κ3) is 7.38. The number of rotatable bonds is 9. The maximum absolute atomic E-state index is 12.8. The van der Waals surface area contributed by atoms with E-state index in [2.05, 4.69) is 45.3 Å². The van der Waals surface area contributed by atoms with E-state index in [-0.39, 0.29) is 11.9 Å². The third-order valence-electron chi connectivity index (χ3n) is 6.69. The number of carbonyl (C=O) groups excluding carboxylic acids is 2. The van der Waals surface area contributed by atoms with Gasteiger partial charge in [-0.25, -0.2) is 0 Å². The molecule has 1 saturated heterocycles. The largest absolute Gasteiger partial charge is 0.465 e. The highest BCUT2D eigenvalue weighted by molar-refractivity contribution is 6.04. The maximum Gasteiger partial charge on any atom is 0.320 e. The Morgan fingerprint density at radius 1 is 1.03 bits per heavy atom. The number of benzene rings is 2. The molecule has 1 fully saturated rings. The van der Waals surface area contributed by atoms with Gasteiger partial charge in [0.25, 0.3) is 5.91 Å². The van der Waals surface area contributed by atoms with Crippen molar-refractivity contribution in [1.82, 2.24) is 14.8 Å². The normalized spacial score (nSPS) is 16.7. The number of nitrogens with zero attached hydrogens (tertiary/aromatic N) is 4. The summed E-state index contributed by atoms with van der Waals surface area (Å²) >= 11 is 0. The molecule has 1 amide bonds. The second-order valence-electron chi connectivity index (χ2n) is 9.60. The summed E-state index contributed by atoms with van der Waals surface area (Å²) < 4.78 is 5.31. The van der Waals surface area contributed by atoms with Crippen molar-refractivity contribution >= 4 is 23.8 Å². The van der Waals surface area contributed by atoms with Crippen LogP contribution in [0.4, 0.5) is 5.69 Å². The van der Waals surface area contributed by atoms with Crippen LogP contribution in [0.15, 0.2) is 47.6 Å². The van der Waals surface area contributed by atoms with E-state index in [0.29, 0.717) is 25.3 Å². The van der Waals surface area contributed by atoms with Crippen molar-refractivity contribution in [2.24, 2.45) is 5.10 Å². The highest BCUT2D eigenvalue weighted by Gasteiger charge is 2.20. The zero-order chi connectivity index (χ0) is 25.3. The van der Waals surface area contributed by atoms with Crippen LogP contribution in [0, 0.1) is 0 Å². The molecule has 0 saturated carbocycles. The Bertz CT molecular complexity index is 1060. The molecule has 8 nitrogen and oxygen atoms in total. The van der Waals surface area contributed by atoms with Crippen molar-refractivity contribution in [3.8, 4) is 0 Å². The predicted octanol–water partition coefficient (Wildman–Crippen LogP) is 3.22. The van der Waals surface area contributed by atoms with Gasteiger partial charge in [-0.15, -0.1) is 0 Å². The number of piperazine rings is 1. The Morgan fingerprint density at radius 2 is 1.81 bits per heavy atom. The number of nitrogens with one attached hydrogen (secondary N) is 1. The average molecular weight is 492 g/mol. The summed E-state index contributed by atoms with van der Waals surface area (Å²) in [6, 6.07) is 13.5. The number of unbranched alkanes of at least 4 members (excludes halogenated alkanes) is 1. The summed E-state index contributed by atoms with van der Waals surface area (Å²) in [5.41, 5.74) is 4.71. The monoisotopic (exact) mass is 491 g/mol. The fourth-order valence-corrected chi connectivity index (χ4v) is 4.37. The van der Waals surface area contributed by atoms with Crippen LogP contribution in [0.3, 0.4) is 0 Å². The van der Waals surface area contributed by atoms with E-state index in [1.807, 2.05) is 42.6 Å². The number of ether oxygens (including phenoxy) is 1. The number of carbonyl (C=O) groups is 2. The van der Waals surface area contributed by atoms with Gasteiger partial charge >= 0.3 is 5.97 Å². The zero-order valence-electron chi connectivity index (χ0n) is 21.4. The average Bonchev–Trinajstić information content (AvgIpc) is 2.88. The molecule has 192 valence electrons. The lowest BCUT2D eigenvalue weighted by Crippen LogP contribution is -2.41. The van der Waals surface area contributed by atoms with Crippen LogP contribution < -0.4 is 5.32 Å². The number of anilines is 1. The van der Waals surface area contributed by atoms with Crippen LogP contribution in [0.25, 0.3) is 0 Å². The van der Waals surface area contributed by atoms with Gasteiger partial charge in [-0.2, -0.15) is 5.10 Å². The van der Waals surface area contributed by atoms with Crippen LogP contribution >= 0.6 is 0 Å². The Morgan fingerprint density at radius 3 is 2.56 bits per heavy atom. The van der Waals surface area contributed by atoms with Gasteiger partial charge in [0.2, 0.25) is 0 Å². The van der Waals surface area contributed by atoms with Crippen LogP contribution in [0.2, 0.25) is 0 Å². The minimum Gasteiger partial charge on any atom is -0.465 e.